The lowest BCUT2D eigenvalue weighted by Crippen LogP contribution is -2.38. The van der Waals surface area contributed by atoms with Gasteiger partial charge in [-0.3, -0.25) is 4.90 Å². The number of methoxy groups -OCH3 is 1. The Balaban J connectivity index is 1.37. The molecule has 4 heterocycles. The molecular formula is C25H28N6O2. The van der Waals surface area contributed by atoms with Crippen LogP contribution in [0.5, 0.6) is 5.75 Å². The Bertz CT molecular complexity index is 1250. The molecule has 170 valence electrons. The molecule has 4 aromatic rings. The largest absolute Gasteiger partial charge is 0.497 e. The summed E-state index contributed by atoms with van der Waals surface area (Å²) >= 11 is 0. The van der Waals surface area contributed by atoms with Gasteiger partial charge in [-0.2, -0.15) is 0 Å². The van der Waals surface area contributed by atoms with Gasteiger partial charge in [-0.1, -0.05) is 6.07 Å². The van der Waals surface area contributed by atoms with Gasteiger partial charge in [0.15, 0.2) is 0 Å². The summed E-state index contributed by atoms with van der Waals surface area (Å²) in [5.41, 5.74) is 10.7. The number of morpholine rings is 1. The topological polar surface area (TPSA) is 91.3 Å². The van der Waals surface area contributed by atoms with Crippen LogP contribution in [0, 0.1) is 0 Å². The molecule has 1 fully saturated rings. The minimum Gasteiger partial charge on any atom is -0.497 e. The van der Waals surface area contributed by atoms with Crippen molar-refractivity contribution in [2.75, 3.05) is 32.5 Å². The van der Waals surface area contributed by atoms with Crippen LogP contribution in [0.4, 0.5) is 5.95 Å². The van der Waals surface area contributed by atoms with Crippen LogP contribution in [0.15, 0.2) is 55.0 Å². The van der Waals surface area contributed by atoms with Crippen molar-refractivity contribution in [1.82, 2.24) is 24.4 Å². The summed E-state index contributed by atoms with van der Waals surface area (Å²) in [6, 6.07) is 12.3. The number of ether oxygens (including phenoxy) is 2. The van der Waals surface area contributed by atoms with Gasteiger partial charge >= 0.3 is 0 Å². The third-order valence-electron chi connectivity index (χ3n) is 6.12. The van der Waals surface area contributed by atoms with Gasteiger partial charge in [0.25, 0.3) is 0 Å². The van der Waals surface area contributed by atoms with E-state index in [-0.39, 0.29) is 12.1 Å². The molecule has 1 atom stereocenters. The Morgan fingerprint density at radius 1 is 1.18 bits per heavy atom. The van der Waals surface area contributed by atoms with Crippen LogP contribution >= 0.6 is 0 Å². The van der Waals surface area contributed by atoms with Crippen LogP contribution in [-0.4, -0.2) is 51.2 Å². The van der Waals surface area contributed by atoms with Gasteiger partial charge < -0.3 is 19.8 Å². The van der Waals surface area contributed by atoms with E-state index < -0.39 is 0 Å². The molecule has 1 aliphatic heterocycles. The van der Waals surface area contributed by atoms with Crippen molar-refractivity contribution in [3.8, 4) is 17.0 Å². The molecule has 0 unspecified atom stereocenters. The highest BCUT2D eigenvalue weighted by Gasteiger charge is 2.24. The third kappa shape index (κ3) is 4.40. The van der Waals surface area contributed by atoms with Gasteiger partial charge in [0.1, 0.15) is 11.9 Å². The standard InChI is InChI=1S/C25H28N6O2/c1-3-31-15-18(20-11-19(32-2)7-8-23(20)31)14-30-9-10-33-24(16-30)22-6-4-5-21(29-22)17-12-27-25(26)28-13-17/h4-8,11-13,15,24H,3,9-10,14,16H2,1-2H3,(H2,26,27,28)/t24-/m1/s1. The molecule has 8 nitrogen and oxygen atoms in total. The maximum atomic E-state index is 6.11. The van der Waals surface area contributed by atoms with E-state index in [9.17, 15) is 0 Å². The lowest BCUT2D eigenvalue weighted by molar-refractivity contribution is -0.0348. The van der Waals surface area contributed by atoms with Gasteiger partial charge in [0.2, 0.25) is 5.95 Å². The summed E-state index contributed by atoms with van der Waals surface area (Å²) in [5, 5.41) is 1.24. The lowest BCUT2D eigenvalue weighted by Gasteiger charge is -2.32. The average molecular weight is 445 g/mol. The van der Waals surface area contributed by atoms with Crippen molar-refractivity contribution < 1.29 is 9.47 Å². The van der Waals surface area contributed by atoms with Crippen LogP contribution in [0.2, 0.25) is 0 Å². The van der Waals surface area contributed by atoms with Crippen LogP contribution in [0.1, 0.15) is 24.3 Å². The quantitative estimate of drug-likeness (QED) is 0.485. The van der Waals surface area contributed by atoms with Crippen molar-refractivity contribution in [2.45, 2.75) is 26.1 Å². The van der Waals surface area contributed by atoms with Crippen LogP contribution in [-0.2, 0) is 17.8 Å². The molecule has 33 heavy (non-hydrogen) atoms. The molecule has 2 N–H and O–H groups in total. The highest BCUT2D eigenvalue weighted by atomic mass is 16.5. The van der Waals surface area contributed by atoms with Gasteiger partial charge in [-0.05, 0) is 42.8 Å². The van der Waals surface area contributed by atoms with Crippen LogP contribution in [0.25, 0.3) is 22.2 Å². The molecule has 0 saturated carbocycles. The number of fused-ring (bicyclic) bond motifs is 1. The number of hydrogen-bond acceptors (Lipinski definition) is 7. The molecule has 0 radical (unpaired) electrons. The van der Waals surface area contributed by atoms with Crippen molar-refractivity contribution in [3.05, 3.63) is 66.2 Å². The normalized spacial score (nSPS) is 16.8. The fraction of sp³-hybridized carbons (Fsp3) is 0.320. The number of hydrogen-bond donors (Lipinski definition) is 1. The number of benzene rings is 1. The maximum Gasteiger partial charge on any atom is 0.219 e. The molecule has 5 rings (SSSR count). The number of pyridine rings is 1. The summed E-state index contributed by atoms with van der Waals surface area (Å²) in [6.45, 7) is 6.27. The molecule has 0 amide bonds. The van der Waals surface area contributed by atoms with Gasteiger partial charge in [-0.25, -0.2) is 15.0 Å². The zero-order chi connectivity index (χ0) is 22.8. The predicted octanol–water partition coefficient (Wildman–Crippen LogP) is 3.68. The van der Waals surface area contributed by atoms with E-state index in [0.29, 0.717) is 6.61 Å². The number of nitrogens with two attached hydrogens (primary N) is 1. The first-order valence-electron chi connectivity index (χ1n) is 11.2. The van der Waals surface area contributed by atoms with Crippen LogP contribution in [0.3, 0.4) is 0 Å². The molecule has 0 aliphatic carbocycles. The van der Waals surface area contributed by atoms with E-state index in [2.05, 4.69) is 44.7 Å². The fourth-order valence-electron chi connectivity index (χ4n) is 4.39. The molecule has 1 saturated heterocycles. The van der Waals surface area contributed by atoms with Crippen molar-refractivity contribution in [3.63, 3.8) is 0 Å². The molecule has 0 bridgehead atoms. The number of anilines is 1. The van der Waals surface area contributed by atoms with Crippen molar-refractivity contribution in [2.24, 2.45) is 0 Å². The number of rotatable bonds is 6. The first-order valence-corrected chi connectivity index (χ1v) is 11.2. The first kappa shape index (κ1) is 21.4. The third-order valence-corrected chi connectivity index (χ3v) is 6.12. The fourth-order valence-corrected chi connectivity index (χ4v) is 4.39. The summed E-state index contributed by atoms with van der Waals surface area (Å²) < 4.78 is 13.9. The molecule has 1 aliphatic rings. The van der Waals surface area contributed by atoms with E-state index >= 15 is 0 Å². The number of nitrogen functional groups attached to an aromatic ring is 1. The summed E-state index contributed by atoms with van der Waals surface area (Å²) in [6.07, 6.45) is 5.55. The lowest BCUT2D eigenvalue weighted by atomic mass is 10.1. The maximum absolute atomic E-state index is 6.11. The summed E-state index contributed by atoms with van der Waals surface area (Å²) in [7, 11) is 1.71. The number of aromatic nitrogens is 4. The summed E-state index contributed by atoms with van der Waals surface area (Å²) in [4.78, 5) is 15.4. The van der Waals surface area contributed by atoms with Gasteiger partial charge in [0, 0.05) is 61.2 Å². The Hall–Kier alpha value is -3.49. The highest BCUT2D eigenvalue weighted by Crippen LogP contribution is 2.29. The predicted molar refractivity (Wildman–Crippen MR) is 128 cm³/mol. The van der Waals surface area contributed by atoms with Gasteiger partial charge in [-0.15, -0.1) is 0 Å². The van der Waals surface area contributed by atoms with E-state index in [1.54, 1.807) is 19.5 Å². The minimum atomic E-state index is -0.0949. The second-order valence-corrected chi connectivity index (χ2v) is 8.20. The molecule has 8 heteroatoms. The first-order chi connectivity index (χ1) is 16.1. The van der Waals surface area contributed by atoms with Gasteiger partial charge in [0.05, 0.1) is 25.1 Å². The molecular weight excluding hydrogens is 416 g/mol. The van der Waals surface area contributed by atoms with E-state index in [0.717, 1.165) is 48.9 Å². The van der Waals surface area contributed by atoms with E-state index in [4.69, 9.17) is 20.2 Å². The Morgan fingerprint density at radius 2 is 2.03 bits per heavy atom. The molecule has 3 aromatic heterocycles. The Labute approximate surface area is 193 Å². The second kappa shape index (κ2) is 9.17. The van der Waals surface area contributed by atoms with E-state index in [1.807, 2.05) is 24.3 Å². The smallest absolute Gasteiger partial charge is 0.219 e. The average Bonchev–Trinajstić information content (AvgIpc) is 3.21. The Kier molecular flexibility index (Phi) is 5.93. The van der Waals surface area contributed by atoms with E-state index in [1.165, 1.54) is 16.5 Å². The van der Waals surface area contributed by atoms with Crippen LogP contribution < -0.4 is 10.5 Å². The SMILES string of the molecule is CCn1cc(CN2CCO[C@@H](c3cccc(-c4cnc(N)nc4)n3)C2)c2cc(OC)ccc21. The molecule has 0 spiro atoms. The van der Waals surface area contributed by atoms with Crippen molar-refractivity contribution >= 4 is 16.9 Å². The second-order valence-electron chi connectivity index (χ2n) is 8.20. The zero-order valence-electron chi connectivity index (χ0n) is 18.9. The highest BCUT2D eigenvalue weighted by molar-refractivity contribution is 5.85. The number of aryl methyl sites for hydroxylation is 1. The zero-order valence-corrected chi connectivity index (χ0v) is 18.9. The molecule has 1 aromatic carbocycles. The Morgan fingerprint density at radius 3 is 2.82 bits per heavy atom. The minimum absolute atomic E-state index is 0.0949. The monoisotopic (exact) mass is 444 g/mol. The van der Waals surface area contributed by atoms with Crippen molar-refractivity contribution in [1.29, 1.82) is 0 Å². The summed E-state index contributed by atoms with van der Waals surface area (Å²) in [5.74, 6) is 1.13. The number of nitrogens with zero attached hydrogens (tertiary/aromatic N) is 5.